The number of hydrogen-bond acceptors (Lipinski definition) is 2. The number of fused-ring (bicyclic) bond motifs is 3. The van der Waals surface area contributed by atoms with Gasteiger partial charge in [-0.3, -0.25) is 0 Å². The van der Waals surface area contributed by atoms with Gasteiger partial charge in [0, 0.05) is 29.6 Å². The SMILES string of the molecule is Cc1ccc2c(c1)C1C(CO2)[C@H]1c1cnc[nH]1. The molecule has 0 amide bonds. The molecule has 1 fully saturated rings. The first-order valence-electron chi connectivity index (χ1n) is 6.06. The normalized spacial score (nSPS) is 29.1. The van der Waals surface area contributed by atoms with Crippen LogP contribution < -0.4 is 4.74 Å². The molecular formula is C14H14N2O. The fourth-order valence-electron chi connectivity index (χ4n) is 3.12. The third-order valence-electron chi connectivity index (χ3n) is 4.00. The van der Waals surface area contributed by atoms with Crippen molar-refractivity contribution in [2.45, 2.75) is 18.8 Å². The zero-order valence-electron chi connectivity index (χ0n) is 9.68. The van der Waals surface area contributed by atoms with E-state index in [0.29, 0.717) is 17.8 Å². The van der Waals surface area contributed by atoms with Crippen LogP contribution in [-0.2, 0) is 0 Å². The number of benzene rings is 1. The topological polar surface area (TPSA) is 37.9 Å². The number of H-pyrrole nitrogens is 1. The van der Waals surface area contributed by atoms with E-state index in [1.807, 2.05) is 6.20 Å². The summed E-state index contributed by atoms with van der Waals surface area (Å²) in [6.07, 6.45) is 3.70. The number of aryl methyl sites for hydroxylation is 1. The second-order valence-corrected chi connectivity index (χ2v) is 5.07. The fraction of sp³-hybridized carbons (Fsp3) is 0.357. The van der Waals surface area contributed by atoms with Gasteiger partial charge in [0.15, 0.2) is 0 Å². The number of hydrogen-bond donors (Lipinski definition) is 1. The van der Waals surface area contributed by atoms with Crippen molar-refractivity contribution >= 4 is 0 Å². The van der Waals surface area contributed by atoms with Gasteiger partial charge in [0.25, 0.3) is 0 Å². The maximum atomic E-state index is 5.83. The van der Waals surface area contributed by atoms with Gasteiger partial charge in [-0.2, -0.15) is 0 Å². The summed E-state index contributed by atoms with van der Waals surface area (Å²) in [5.41, 5.74) is 3.93. The van der Waals surface area contributed by atoms with Crippen LogP contribution >= 0.6 is 0 Å². The average Bonchev–Trinajstić information content (AvgIpc) is 2.83. The molecule has 4 rings (SSSR count). The van der Waals surface area contributed by atoms with Crippen LogP contribution in [0.1, 0.15) is 28.7 Å². The van der Waals surface area contributed by atoms with Crippen LogP contribution in [0.5, 0.6) is 5.75 Å². The molecule has 1 N–H and O–H groups in total. The number of nitrogens with zero attached hydrogens (tertiary/aromatic N) is 1. The summed E-state index contributed by atoms with van der Waals surface area (Å²) in [5, 5.41) is 0. The smallest absolute Gasteiger partial charge is 0.122 e. The van der Waals surface area contributed by atoms with Crippen LogP contribution in [0.25, 0.3) is 0 Å². The van der Waals surface area contributed by atoms with Crippen LogP contribution in [0.4, 0.5) is 0 Å². The van der Waals surface area contributed by atoms with Crippen molar-refractivity contribution in [1.82, 2.24) is 9.97 Å². The first kappa shape index (κ1) is 9.28. The van der Waals surface area contributed by atoms with Crippen LogP contribution in [0.3, 0.4) is 0 Å². The van der Waals surface area contributed by atoms with E-state index in [4.69, 9.17) is 4.74 Å². The Labute approximate surface area is 99.8 Å². The monoisotopic (exact) mass is 226 g/mol. The molecule has 2 heterocycles. The average molecular weight is 226 g/mol. The van der Waals surface area contributed by atoms with Crippen LogP contribution in [0.2, 0.25) is 0 Å². The number of aromatic nitrogens is 2. The third kappa shape index (κ3) is 1.25. The molecule has 0 radical (unpaired) electrons. The van der Waals surface area contributed by atoms with Gasteiger partial charge in [-0.15, -0.1) is 0 Å². The van der Waals surface area contributed by atoms with Crippen molar-refractivity contribution in [3.63, 3.8) is 0 Å². The number of imidazole rings is 1. The minimum absolute atomic E-state index is 0.570. The van der Waals surface area contributed by atoms with Gasteiger partial charge in [-0.25, -0.2) is 4.98 Å². The zero-order valence-corrected chi connectivity index (χ0v) is 9.68. The van der Waals surface area contributed by atoms with E-state index in [2.05, 4.69) is 35.1 Å². The first-order valence-corrected chi connectivity index (χ1v) is 6.06. The van der Waals surface area contributed by atoms with Gasteiger partial charge in [0.1, 0.15) is 5.75 Å². The highest BCUT2D eigenvalue weighted by Gasteiger charge is 2.55. The van der Waals surface area contributed by atoms with Gasteiger partial charge < -0.3 is 9.72 Å². The first-order chi connectivity index (χ1) is 8.34. The second-order valence-electron chi connectivity index (χ2n) is 5.07. The fourth-order valence-corrected chi connectivity index (χ4v) is 3.12. The van der Waals surface area contributed by atoms with Gasteiger partial charge in [0.2, 0.25) is 0 Å². The number of aromatic amines is 1. The lowest BCUT2D eigenvalue weighted by Gasteiger charge is -2.16. The van der Waals surface area contributed by atoms with Gasteiger partial charge in [-0.05, 0) is 18.6 Å². The van der Waals surface area contributed by atoms with Crippen molar-refractivity contribution in [3.05, 3.63) is 47.5 Å². The lowest BCUT2D eigenvalue weighted by Crippen LogP contribution is -2.08. The molecule has 86 valence electrons. The second kappa shape index (κ2) is 3.13. The van der Waals surface area contributed by atoms with Gasteiger partial charge in [0.05, 0.1) is 12.9 Å². The Hall–Kier alpha value is -1.77. The van der Waals surface area contributed by atoms with E-state index in [1.54, 1.807) is 6.33 Å². The highest BCUT2D eigenvalue weighted by atomic mass is 16.5. The van der Waals surface area contributed by atoms with E-state index < -0.39 is 0 Å². The molecule has 0 spiro atoms. The highest BCUT2D eigenvalue weighted by Crippen LogP contribution is 2.63. The van der Waals surface area contributed by atoms with Crippen molar-refractivity contribution in [3.8, 4) is 5.75 Å². The Bertz CT molecular complexity index is 562. The number of ether oxygens (including phenoxy) is 1. The van der Waals surface area contributed by atoms with Crippen LogP contribution in [0, 0.1) is 12.8 Å². The zero-order chi connectivity index (χ0) is 11.4. The summed E-state index contributed by atoms with van der Waals surface area (Å²) >= 11 is 0. The van der Waals surface area contributed by atoms with Gasteiger partial charge in [-0.1, -0.05) is 17.7 Å². The molecule has 0 saturated heterocycles. The molecule has 2 aromatic rings. The van der Waals surface area contributed by atoms with Crippen LogP contribution in [0.15, 0.2) is 30.7 Å². The maximum Gasteiger partial charge on any atom is 0.122 e. The van der Waals surface area contributed by atoms with E-state index in [0.717, 1.165) is 12.4 Å². The summed E-state index contributed by atoms with van der Waals surface area (Å²) in [6.45, 7) is 2.97. The van der Waals surface area contributed by atoms with Crippen molar-refractivity contribution in [1.29, 1.82) is 0 Å². The molecule has 2 aliphatic rings. The van der Waals surface area contributed by atoms with E-state index in [-0.39, 0.29) is 0 Å². The summed E-state index contributed by atoms with van der Waals surface area (Å²) in [4.78, 5) is 7.35. The summed E-state index contributed by atoms with van der Waals surface area (Å²) in [5.74, 6) is 2.89. The lowest BCUT2D eigenvalue weighted by atomic mass is 10.0. The Morgan fingerprint density at radius 1 is 1.35 bits per heavy atom. The molecule has 1 aromatic carbocycles. The molecule has 17 heavy (non-hydrogen) atoms. The van der Waals surface area contributed by atoms with Crippen molar-refractivity contribution < 1.29 is 4.74 Å². The van der Waals surface area contributed by atoms with E-state index >= 15 is 0 Å². The predicted molar refractivity (Wildman–Crippen MR) is 64.2 cm³/mol. The summed E-state index contributed by atoms with van der Waals surface area (Å²) in [6, 6.07) is 6.48. The molecule has 1 aromatic heterocycles. The largest absolute Gasteiger partial charge is 0.493 e. The summed E-state index contributed by atoms with van der Waals surface area (Å²) < 4.78 is 5.83. The number of rotatable bonds is 1. The lowest BCUT2D eigenvalue weighted by molar-refractivity contribution is 0.277. The standard InChI is InChI=1S/C14H14N2O/c1-8-2-3-12-9(4-8)13-10(6-17-12)14(13)11-5-15-7-16-11/h2-5,7,10,13-14H,6H2,1H3,(H,15,16)/t10?,13?,14-/m0/s1. The maximum absolute atomic E-state index is 5.83. The van der Waals surface area contributed by atoms with Gasteiger partial charge >= 0.3 is 0 Å². The predicted octanol–water partition coefficient (Wildman–Crippen LogP) is 2.61. The van der Waals surface area contributed by atoms with Crippen LogP contribution in [-0.4, -0.2) is 16.6 Å². The molecule has 1 saturated carbocycles. The molecule has 3 nitrogen and oxygen atoms in total. The molecule has 1 aliphatic heterocycles. The molecule has 1 aliphatic carbocycles. The van der Waals surface area contributed by atoms with E-state index in [1.165, 1.54) is 16.8 Å². The Balaban J connectivity index is 1.76. The molecule has 3 heteroatoms. The Kier molecular flexibility index (Phi) is 1.71. The molecule has 3 atom stereocenters. The highest BCUT2D eigenvalue weighted by molar-refractivity contribution is 5.48. The minimum Gasteiger partial charge on any atom is -0.493 e. The Morgan fingerprint density at radius 2 is 2.29 bits per heavy atom. The summed E-state index contributed by atoms with van der Waals surface area (Å²) in [7, 11) is 0. The molecule has 2 unspecified atom stereocenters. The molecule has 0 bridgehead atoms. The van der Waals surface area contributed by atoms with E-state index in [9.17, 15) is 0 Å². The number of nitrogens with one attached hydrogen (secondary N) is 1. The third-order valence-corrected chi connectivity index (χ3v) is 4.00. The molecular weight excluding hydrogens is 212 g/mol. The van der Waals surface area contributed by atoms with Crippen molar-refractivity contribution in [2.75, 3.05) is 6.61 Å². The quantitative estimate of drug-likeness (QED) is 0.811. The Morgan fingerprint density at radius 3 is 3.12 bits per heavy atom. The minimum atomic E-state index is 0.570. The van der Waals surface area contributed by atoms with Crippen molar-refractivity contribution in [2.24, 2.45) is 5.92 Å².